The van der Waals surface area contributed by atoms with E-state index in [1.54, 1.807) is 7.11 Å². The lowest BCUT2D eigenvalue weighted by Crippen LogP contribution is -2.06. The Morgan fingerprint density at radius 2 is 1.84 bits per heavy atom. The van der Waals surface area contributed by atoms with Gasteiger partial charge in [0.2, 0.25) is 11.8 Å². The summed E-state index contributed by atoms with van der Waals surface area (Å²) in [7, 11) is 1.59. The zero-order valence-electron chi connectivity index (χ0n) is 13.8. The number of rotatable bonds is 3. The Morgan fingerprint density at radius 1 is 1.04 bits per heavy atom. The highest BCUT2D eigenvalue weighted by molar-refractivity contribution is 5.90. The SMILES string of the molecule is COc1cc(-c2c(-c3ccccc3)nc(N)n3ncnc23)cc(C)n1. The molecule has 124 valence electrons. The van der Waals surface area contributed by atoms with Crippen LogP contribution in [0.25, 0.3) is 28.0 Å². The van der Waals surface area contributed by atoms with Crippen molar-refractivity contribution in [3.63, 3.8) is 0 Å². The van der Waals surface area contributed by atoms with Crippen LogP contribution < -0.4 is 10.5 Å². The number of ether oxygens (including phenoxy) is 1. The minimum Gasteiger partial charge on any atom is -0.481 e. The number of pyridine rings is 1. The van der Waals surface area contributed by atoms with Gasteiger partial charge < -0.3 is 10.5 Å². The van der Waals surface area contributed by atoms with E-state index in [0.29, 0.717) is 11.5 Å². The molecule has 0 atom stereocenters. The van der Waals surface area contributed by atoms with Crippen LogP contribution in [0.15, 0.2) is 48.8 Å². The molecule has 0 saturated carbocycles. The summed E-state index contributed by atoms with van der Waals surface area (Å²) in [5.41, 5.74) is 11.0. The minimum absolute atomic E-state index is 0.285. The molecule has 0 amide bonds. The molecule has 7 heteroatoms. The van der Waals surface area contributed by atoms with Crippen molar-refractivity contribution in [3.8, 4) is 28.3 Å². The van der Waals surface area contributed by atoms with Gasteiger partial charge in [-0.3, -0.25) is 0 Å². The van der Waals surface area contributed by atoms with Gasteiger partial charge >= 0.3 is 0 Å². The van der Waals surface area contributed by atoms with Crippen molar-refractivity contribution < 1.29 is 4.74 Å². The average molecular weight is 332 g/mol. The monoisotopic (exact) mass is 332 g/mol. The summed E-state index contributed by atoms with van der Waals surface area (Å²) in [4.78, 5) is 13.3. The second kappa shape index (κ2) is 5.86. The minimum atomic E-state index is 0.285. The van der Waals surface area contributed by atoms with Crippen LogP contribution in [-0.4, -0.2) is 31.7 Å². The highest BCUT2D eigenvalue weighted by Crippen LogP contribution is 2.35. The second-order valence-corrected chi connectivity index (χ2v) is 5.59. The van der Waals surface area contributed by atoms with Gasteiger partial charge in [0.25, 0.3) is 0 Å². The third-order valence-corrected chi connectivity index (χ3v) is 3.93. The molecule has 0 aliphatic carbocycles. The van der Waals surface area contributed by atoms with E-state index in [9.17, 15) is 0 Å². The van der Waals surface area contributed by atoms with E-state index in [-0.39, 0.29) is 5.95 Å². The average Bonchev–Trinajstić information content (AvgIpc) is 3.12. The molecule has 0 bridgehead atoms. The first-order valence-corrected chi connectivity index (χ1v) is 7.75. The van der Waals surface area contributed by atoms with Crippen LogP contribution in [0.2, 0.25) is 0 Å². The second-order valence-electron chi connectivity index (χ2n) is 5.59. The molecular formula is C18H16N6O. The molecule has 0 spiro atoms. The van der Waals surface area contributed by atoms with Gasteiger partial charge in [-0.05, 0) is 18.6 Å². The lowest BCUT2D eigenvalue weighted by Gasteiger charge is -2.13. The fraction of sp³-hybridized carbons (Fsp3) is 0.111. The van der Waals surface area contributed by atoms with Gasteiger partial charge in [0.15, 0.2) is 5.65 Å². The van der Waals surface area contributed by atoms with E-state index in [1.807, 2.05) is 49.4 Å². The summed E-state index contributed by atoms with van der Waals surface area (Å²) in [6.07, 6.45) is 1.47. The Bertz CT molecular complexity index is 1060. The standard InChI is InChI=1S/C18H16N6O/c1-11-8-13(9-14(22-11)25-2)15-16(12-6-4-3-5-7-12)23-18(19)24-17(15)20-10-21-24/h3-10H,1-2H3,(H2,19,23). The highest BCUT2D eigenvalue weighted by atomic mass is 16.5. The van der Waals surface area contributed by atoms with Crippen LogP contribution in [-0.2, 0) is 0 Å². The van der Waals surface area contributed by atoms with Crippen LogP contribution in [0, 0.1) is 6.92 Å². The van der Waals surface area contributed by atoms with Crippen LogP contribution in [0.3, 0.4) is 0 Å². The summed E-state index contributed by atoms with van der Waals surface area (Å²) in [6, 6.07) is 13.7. The Labute approximate surface area is 144 Å². The molecule has 0 unspecified atom stereocenters. The highest BCUT2D eigenvalue weighted by Gasteiger charge is 2.19. The van der Waals surface area contributed by atoms with E-state index in [2.05, 4.69) is 20.1 Å². The zero-order chi connectivity index (χ0) is 17.4. The number of hydrogen-bond acceptors (Lipinski definition) is 6. The summed E-state index contributed by atoms with van der Waals surface area (Å²) in [5, 5.41) is 4.18. The fourth-order valence-electron chi connectivity index (χ4n) is 2.86. The maximum Gasteiger partial charge on any atom is 0.223 e. The third kappa shape index (κ3) is 2.55. The van der Waals surface area contributed by atoms with Crippen molar-refractivity contribution in [1.82, 2.24) is 24.6 Å². The van der Waals surface area contributed by atoms with Gasteiger partial charge in [0, 0.05) is 17.3 Å². The van der Waals surface area contributed by atoms with E-state index in [1.165, 1.54) is 10.8 Å². The first kappa shape index (κ1) is 15.1. The number of nitrogens with zero attached hydrogens (tertiary/aromatic N) is 5. The molecule has 0 saturated heterocycles. The predicted molar refractivity (Wildman–Crippen MR) is 95.2 cm³/mol. The van der Waals surface area contributed by atoms with Gasteiger partial charge in [-0.2, -0.15) is 9.61 Å². The summed E-state index contributed by atoms with van der Waals surface area (Å²) in [5.74, 6) is 0.816. The van der Waals surface area contributed by atoms with E-state index in [0.717, 1.165) is 28.1 Å². The molecule has 0 aliphatic rings. The quantitative estimate of drug-likeness (QED) is 0.620. The number of benzene rings is 1. The molecule has 0 fully saturated rings. The number of fused-ring (bicyclic) bond motifs is 1. The first-order valence-electron chi connectivity index (χ1n) is 7.75. The van der Waals surface area contributed by atoms with Crippen molar-refractivity contribution in [3.05, 3.63) is 54.5 Å². The number of nitrogens with two attached hydrogens (primary N) is 1. The Balaban J connectivity index is 2.10. The number of hydrogen-bond donors (Lipinski definition) is 1. The van der Waals surface area contributed by atoms with E-state index in [4.69, 9.17) is 10.5 Å². The smallest absolute Gasteiger partial charge is 0.223 e. The molecule has 0 radical (unpaired) electrons. The summed E-state index contributed by atoms with van der Waals surface area (Å²) >= 11 is 0. The molecule has 4 rings (SSSR count). The third-order valence-electron chi connectivity index (χ3n) is 3.93. The van der Waals surface area contributed by atoms with Crippen molar-refractivity contribution in [1.29, 1.82) is 0 Å². The lowest BCUT2D eigenvalue weighted by atomic mass is 10.00. The molecule has 0 aliphatic heterocycles. The van der Waals surface area contributed by atoms with Crippen molar-refractivity contribution in [2.45, 2.75) is 6.92 Å². The lowest BCUT2D eigenvalue weighted by molar-refractivity contribution is 0.397. The fourth-order valence-corrected chi connectivity index (χ4v) is 2.86. The topological polar surface area (TPSA) is 91.2 Å². The van der Waals surface area contributed by atoms with E-state index < -0.39 is 0 Å². The first-order chi connectivity index (χ1) is 12.2. The number of aryl methyl sites for hydroxylation is 1. The number of nitrogen functional groups attached to an aromatic ring is 1. The summed E-state index contributed by atoms with van der Waals surface area (Å²) < 4.78 is 6.85. The molecule has 3 aromatic heterocycles. The van der Waals surface area contributed by atoms with Gasteiger partial charge in [0.1, 0.15) is 6.33 Å². The molecule has 2 N–H and O–H groups in total. The zero-order valence-corrected chi connectivity index (χ0v) is 13.8. The molecule has 1 aromatic carbocycles. The molecule has 3 heterocycles. The normalized spacial score (nSPS) is 11.0. The van der Waals surface area contributed by atoms with Crippen molar-refractivity contribution in [2.75, 3.05) is 12.8 Å². The Morgan fingerprint density at radius 3 is 2.60 bits per heavy atom. The molecular weight excluding hydrogens is 316 g/mol. The largest absolute Gasteiger partial charge is 0.481 e. The summed E-state index contributed by atoms with van der Waals surface area (Å²) in [6.45, 7) is 1.92. The van der Waals surface area contributed by atoms with Crippen molar-refractivity contribution in [2.24, 2.45) is 0 Å². The molecule has 7 nitrogen and oxygen atoms in total. The maximum absolute atomic E-state index is 6.08. The van der Waals surface area contributed by atoms with Crippen LogP contribution in [0.5, 0.6) is 5.88 Å². The van der Waals surface area contributed by atoms with Gasteiger partial charge in [-0.15, -0.1) is 0 Å². The number of aromatic nitrogens is 5. The van der Waals surface area contributed by atoms with Crippen LogP contribution in [0.1, 0.15) is 5.69 Å². The van der Waals surface area contributed by atoms with Crippen molar-refractivity contribution >= 4 is 11.6 Å². The number of methoxy groups -OCH3 is 1. The maximum atomic E-state index is 6.08. The Kier molecular flexibility index (Phi) is 3.53. The number of anilines is 1. The van der Waals surface area contributed by atoms with Crippen LogP contribution in [0.4, 0.5) is 5.95 Å². The predicted octanol–water partition coefficient (Wildman–Crippen LogP) is 2.75. The van der Waals surface area contributed by atoms with Crippen LogP contribution >= 0.6 is 0 Å². The molecule has 4 aromatic rings. The van der Waals surface area contributed by atoms with Gasteiger partial charge in [0.05, 0.1) is 18.4 Å². The van der Waals surface area contributed by atoms with E-state index >= 15 is 0 Å². The van der Waals surface area contributed by atoms with Gasteiger partial charge in [-0.1, -0.05) is 30.3 Å². The Hall–Kier alpha value is -3.48. The van der Waals surface area contributed by atoms with Gasteiger partial charge in [-0.25, -0.2) is 15.0 Å². The molecule has 25 heavy (non-hydrogen) atoms.